The standard InChI is InChI=1S/C16H24BNO4/c1-15(2)16(3,4)22-17(21-15)11(10-18-5)9-12-13(19)7-6-8-14(12)20/h6-9,18-20H,10H2,1-5H3. The summed E-state index contributed by atoms with van der Waals surface area (Å²) in [7, 11) is 1.29. The summed E-state index contributed by atoms with van der Waals surface area (Å²) in [6.45, 7) is 8.47. The first kappa shape index (κ1) is 16.9. The van der Waals surface area contributed by atoms with E-state index >= 15 is 0 Å². The van der Waals surface area contributed by atoms with Crippen LogP contribution in [0.4, 0.5) is 0 Å². The van der Waals surface area contributed by atoms with Gasteiger partial charge in [-0.15, -0.1) is 0 Å². The average molecular weight is 305 g/mol. The van der Waals surface area contributed by atoms with Crippen molar-refractivity contribution in [1.82, 2.24) is 5.32 Å². The van der Waals surface area contributed by atoms with Gasteiger partial charge in [0.1, 0.15) is 11.5 Å². The largest absolute Gasteiger partial charge is 0.507 e. The third-order valence-corrected chi connectivity index (χ3v) is 4.33. The Morgan fingerprint density at radius 3 is 2.09 bits per heavy atom. The molecule has 0 amide bonds. The lowest BCUT2D eigenvalue weighted by atomic mass is 9.77. The van der Waals surface area contributed by atoms with Crippen LogP contribution in [0.3, 0.4) is 0 Å². The third-order valence-electron chi connectivity index (χ3n) is 4.33. The van der Waals surface area contributed by atoms with Crippen LogP contribution in [0.25, 0.3) is 6.08 Å². The number of hydrogen-bond acceptors (Lipinski definition) is 5. The van der Waals surface area contributed by atoms with Gasteiger partial charge in [-0.05, 0) is 52.3 Å². The van der Waals surface area contributed by atoms with Crippen molar-refractivity contribution in [3.05, 3.63) is 29.2 Å². The van der Waals surface area contributed by atoms with E-state index in [-0.39, 0.29) is 11.5 Å². The number of phenols is 2. The molecule has 1 aromatic rings. The molecule has 5 nitrogen and oxygen atoms in total. The van der Waals surface area contributed by atoms with Gasteiger partial charge in [0.05, 0.1) is 16.8 Å². The van der Waals surface area contributed by atoms with Crippen LogP contribution in [0.2, 0.25) is 0 Å². The zero-order valence-electron chi connectivity index (χ0n) is 13.8. The maximum atomic E-state index is 9.95. The molecule has 6 heteroatoms. The van der Waals surface area contributed by atoms with Gasteiger partial charge >= 0.3 is 7.12 Å². The van der Waals surface area contributed by atoms with Crippen molar-refractivity contribution < 1.29 is 19.5 Å². The molecule has 22 heavy (non-hydrogen) atoms. The van der Waals surface area contributed by atoms with Crippen LogP contribution in [0.1, 0.15) is 33.3 Å². The average Bonchev–Trinajstić information content (AvgIpc) is 2.61. The zero-order valence-corrected chi connectivity index (χ0v) is 13.8. The monoisotopic (exact) mass is 305 g/mol. The first-order chi connectivity index (χ1) is 10.2. The van der Waals surface area contributed by atoms with E-state index in [4.69, 9.17) is 9.31 Å². The lowest BCUT2D eigenvalue weighted by molar-refractivity contribution is 0.00578. The van der Waals surface area contributed by atoms with Crippen LogP contribution in [0.15, 0.2) is 23.7 Å². The van der Waals surface area contributed by atoms with Gasteiger partial charge in [-0.3, -0.25) is 0 Å². The quantitative estimate of drug-likeness (QED) is 0.745. The molecule has 0 spiro atoms. The highest BCUT2D eigenvalue weighted by Gasteiger charge is 2.52. The Morgan fingerprint density at radius 2 is 1.64 bits per heavy atom. The number of hydrogen-bond donors (Lipinski definition) is 3. The molecule has 0 bridgehead atoms. The van der Waals surface area contributed by atoms with Gasteiger partial charge in [-0.25, -0.2) is 0 Å². The van der Waals surface area contributed by atoms with E-state index in [0.717, 1.165) is 5.47 Å². The van der Waals surface area contributed by atoms with Gasteiger partial charge in [0, 0.05) is 6.54 Å². The molecule has 2 rings (SSSR count). The highest BCUT2D eigenvalue weighted by molar-refractivity contribution is 6.56. The highest BCUT2D eigenvalue weighted by Crippen LogP contribution is 2.39. The van der Waals surface area contributed by atoms with E-state index in [0.29, 0.717) is 12.1 Å². The van der Waals surface area contributed by atoms with E-state index in [1.807, 2.05) is 34.7 Å². The van der Waals surface area contributed by atoms with Crippen molar-refractivity contribution >= 4 is 13.2 Å². The molecule has 1 aliphatic rings. The van der Waals surface area contributed by atoms with Crippen molar-refractivity contribution in [2.75, 3.05) is 13.6 Å². The van der Waals surface area contributed by atoms with E-state index in [2.05, 4.69) is 5.32 Å². The van der Waals surface area contributed by atoms with Crippen molar-refractivity contribution in [3.8, 4) is 11.5 Å². The fourth-order valence-electron chi connectivity index (χ4n) is 2.28. The first-order valence-electron chi connectivity index (χ1n) is 7.39. The van der Waals surface area contributed by atoms with Crippen LogP contribution in [-0.4, -0.2) is 42.1 Å². The number of aromatic hydroxyl groups is 2. The molecule has 0 radical (unpaired) electrons. The van der Waals surface area contributed by atoms with Crippen molar-refractivity contribution in [2.45, 2.75) is 38.9 Å². The Balaban J connectivity index is 2.38. The molecule has 3 N–H and O–H groups in total. The number of nitrogens with one attached hydrogen (secondary N) is 1. The van der Waals surface area contributed by atoms with Crippen LogP contribution >= 0.6 is 0 Å². The second-order valence-electron chi connectivity index (χ2n) is 6.55. The Morgan fingerprint density at radius 1 is 1.14 bits per heavy atom. The Labute approximate surface area is 132 Å². The van der Waals surface area contributed by atoms with E-state index in [1.54, 1.807) is 12.1 Å². The fraction of sp³-hybridized carbons (Fsp3) is 0.500. The molecule has 120 valence electrons. The number of phenolic OH excluding ortho intramolecular Hbond substituents is 2. The van der Waals surface area contributed by atoms with Crippen molar-refractivity contribution in [1.29, 1.82) is 0 Å². The lowest BCUT2D eigenvalue weighted by Crippen LogP contribution is -2.41. The topological polar surface area (TPSA) is 71.0 Å². The Kier molecular flexibility index (Phi) is 4.56. The van der Waals surface area contributed by atoms with Gasteiger partial charge in [0.25, 0.3) is 0 Å². The van der Waals surface area contributed by atoms with E-state index in [1.165, 1.54) is 12.1 Å². The minimum Gasteiger partial charge on any atom is -0.507 e. The number of likely N-dealkylation sites (N-methyl/N-ethyl adjacent to an activating group) is 1. The Bertz CT molecular complexity index is 547. The van der Waals surface area contributed by atoms with Crippen molar-refractivity contribution in [3.63, 3.8) is 0 Å². The molecule has 1 saturated heterocycles. The zero-order chi connectivity index (χ0) is 16.5. The van der Waals surface area contributed by atoms with Crippen LogP contribution in [0.5, 0.6) is 11.5 Å². The highest BCUT2D eigenvalue weighted by atomic mass is 16.7. The SMILES string of the molecule is CNCC(=Cc1c(O)cccc1O)B1OC(C)(C)C(C)(C)O1. The summed E-state index contributed by atoms with van der Waals surface area (Å²) in [4.78, 5) is 0. The third kappa shape index (κ3) is 3.14. The second kappa shape index (κ2) is 5.95. The van der Waals surface area contributed by atoms with Crippen molar-refractivity contribution in [2.24, 2.45) is 0 Å². The summed E-state index contributed by atoms with van der Waals surface area (Å²) >= 11 is 0. The molecule has 1 aromatic carbocycles. The van der Waals surface area contributed by atoms with Gasteiger partial charge in [-0.2, -0.15) is 0 Å². The van der Waals surface area contributed by atoms with Gasteiger partial charge in [0.15, 0.2) is 0 Å². The summed E-state index contributed by atoms with van der Waals surface area (Å²) in [5.74, 6) is 0.0373. The Hall–Kier alpha value is -1.50. The maximum absolute atomic E-state index is 9.95. The molecule has 1 fully saturated rings. The molecule has 0 aliphatic carbocycles. The molecule has 0 saturated carbocycles. The molecular formula is C16H24BNO4. The van der Waals surface area contributed by atoms with Crippen LogP contribution in [0, 0.1) is 0 Å². The molecule has 1 heterocycles. The van der Waals surface area contributed by atoms with E-state index in [9.17, 15) is 10.2 Å². The minimum absolute atomic E-state index is 0.0186. The maximum Gasteiger partial charge on any atom is 0.491 e. The molecule has 0 aromatic heterocycles. The summed E-state index contributed by atoms with van der Waals surface area (Å²) in [5, 5.41) is 23.0. The molecular weight excluding hydrogens is 281 g/mol. The second-order valence-corrected chi connectivity index (χ2v) is 6.55. The smallest absolute Gasteiger partial charge is 0.491 e. The summed E-state index contributed by atoms with van der Waals surface area (Å²) in [6, 6.07) is 4.66. The fourth-order valence-corrected chi connectivity index (χ4v) is 2.28. The van der Waals surface area contributed by atoms with E-state index < -0.39 is 18.3 Å². The summed E-state index contributed by atoms with van der Waals surface area (Å²) < 4.78 is 12.1. The predicted molar refractivity (Wildman–Crippen MR) is 87.8 cm³/mol. The normalized spacial score (nSPS) is 20.4. The first-order valence-corrected chi connectivity index (χ1v) is 7.39. The molecule has 0 atom stereocenters. The van der Waals surface area contributed by atoms with Crippen LogP contribution in [-0.2, 0) is 9.31 Å². The summed E-state index contributed by atoms with van der Waals surface area (Å²) in [5.41, 5.74) is 0.289. The number of rotatable bonds is 4. The van der Waals surface area contributed by atoms with Gasteiger partial charge in [-0.1, -0.05) is 12.1 Å². The predicted octanol–water partition coefficient (Wildman–Crippen LogP) is 2.33. The molecule has 0 unspecified atom stereocenters. The van der Waals surface area contributed by atoms with Gasteiger partial charge < -0.3 is 24.8 Å². The lowest BCUT2D eigenvalue weighted by Gasteiger charge is -2.32. The summed E-state index contributed by atoms with van der Waals surface area (Å²) in [6.07, 6.45) is 1.71. The molecule has 1 aliphatic heterocycles. The van der Waals surface area contributed by atoms with Crippen LogP contribution < -0.4 is 5.32 Å². The minimum atomic E-state index is -0.531. The number of benzene rings is 1. The van der Waals surface area contributed by atoms with Gasteiger partial charge in [0.2, 0.25) is 0 Å².